The van der Waals surface area contributed by atoms with Crippen molar-refractivity contribution in [2.45, 2.75) is 13.8 Å². The van der Waals surface area contributed by atoms with E-state index in [0.717, 1.165) is 16.7 Å². The number of carboxylic acids is 1. The normalized spacial score (nSPS) is 10.2. The number of aromatic nitrogens is 2. The highest BCUT2D eigenvalue weighted by Crippen LogP contribution is 2.22. The van der Waals surface area contributed by atoms with Crippen LogP contribution in [0.25, 0.3) is 11.3 Å². The second-order valence-corrected chi connectivity index (χ2v) is 3.93. The van der Waals surface area contributed by atoms with E-state index < -0.39 is 5.97 Å². The Bertz CT molecular complexity index is 562. The molecule has 0 spiro atoms. The molecular formula is C13H12N2O2. The first-order valence-corrected chi connectivity index (χ1v) is 5.22. The molecule has 1 aromatic carbocycles. The predicted molar refractivity (Wildman–Crippen MR) is 63.9 cm³/mol. The first-order valence-electron chi connectivity index (χ1n) is 5.22. The predicted octanol–water partition coefficient (Wildman–Crippen LogP) is 2.46. The van der Waals surface area contributed by atoms with Gasteiger partial charge in [0, 0.05) is 5.56 Å². The van der Waals surface area contributed by atoms with Crippen LogP contribution in [0.1, 0.15) is 21.6 Å². The van der Waals surface area contributed by atoms with Crippen molar-refractivity contribution in [3.63, 3.8) is 0 Å². The van der Waals surface area contributed by atoms with Crippen LogP contribution in [0.15, 0.2) is 30.3 Å². The van der Waals surface area contributed by atoms with Gasteiger partial charge in [-0.15, -0.1) is 10.2 Å². The third-order valence-corrected chi connectivity index (χ3v) is 2.55. The van der Waals surface area contributed by atoms with Crippen molar-refractivity contribution in [2.75, 3.05) is 0 Å². The first-order chi connectivity index (χ1) is 8.08. The van der Waals surface area contributed by atoms with E-state index in [0.29, 0.717) is 5.69 Å². The van der Waals surface area contributed by atoms with Crippen LogP contribution in [0.3, 0.4) is 0 Å². The Hall–Kier alpha value is -2.23. The number of rotatable bonds is 2. The number of carbonyl (C=O) groups is 1. The molecule has 0 aliphatic rings. The van der Waals surface area contributed by atoms with Crippen molar-refractivity contribution < 1.29 is 9.90 Å². The number of carboxylic acid groups (broad SMARTS) is 1. The van der Waals surface area contributed by atoms with Gasteiger partial charge in [-0.2, -0.15) is 0 Å². The monoisotopic (exact) mass is 228 g/mol. The largest absolute Gasteiger partial charge is 0.476 e. The van der Waals surface area contributed by atoms with E-state index in [2.05, 4.69) is 10.2 Å². The molecule has 86 valence electrons. The fourth-order valence-electron chi connectivity index (χ4n) is 1.60. The van der Waals surface area contributed by atoms with E-state index in [1.54, 1.807) is 6.07 Å². The third-order valence-electron chi connectivity index (χ3n) is 2.55. The lowest BCUT2D eigenvalue weighted by molar-refractivity contribution is 0.0689. The highest BCUT2D eigenvalue weighted by atomic mass is 16.4. The van der Waals surface area contributed by atoms with Gasteiger partial charge in [-0.25, -0.2) is 4.79 Å². The van der Waals surface area contributed by atoms with Crippen LogP contribution in [0.4, 0.5) is 0 Å². The zero-order valence-corrected chi connectivity index (χ0v) is 9.64. The Balaban J connectivity index is 2.46. The molecule has 2 rings (SSSR count). The van der Waals surface area contributed by atoms with E-state index in [9.17, 15) is 4.79 Å². The molecule has 4 heteroatoms. The molecule has 0 bridgehead atoms. The molecule has 0 aliphatic heterocycles. The van der Waals surface area contributed by atoms with Gasteiger partial charge >= 0.3 is 5.97 Å². The van der Waals surface area contributed by atoms with Crippen molar-refractivity contribution in [1.82, 2.24) is 10.2 Å². The molecule has 0 aliphatic carbocycles. The van der Waals surface area contributed by atoms with Crippen molar-refractivity contribution in [3.05, 3.63) is 47.2 Å². The Kier molecular flexibility index (Phi) is 2.87. The number of hydrogen-bond acceptors (Lipinski definition) is 3. The van der Waals surface area contributed by atoms with Crippen LogP contribution in [0.2, 0.25) is 0 Å². The summed E-state index contributed by atoms with van der Waals surface area (Å²) in [5, 5.41) is 16.4. The minimum absolute atomic E-state index is 0.0425. The summed E-state index contributed by atoms with van der Waals surface area (Å²) in [6.45, 7) is 3.99. The molecule has 17 heavy (non-hydrogen) atoms. The summed E-state index contributed by atoms with van der Waals surface area (Å²) in [5.74, 6) is -1.06. The molecule has 0 fully saturated rings. The summed E-state index contributed by atoms with van der Waals surface area (Å²) in [6.07, 6.45) is 0. The topological polar surface area (TPSA) is 63.1 Å². The molecule has 1 heterocycles. The number of nitrogens with zero attached hydrogens (tertiary/aromatic N) is 2. The van der Waals surface area contributed by atoms with Crippen LogP contribution in [-0.2, 0) is 0 Å². The fraction of sp³-hybridized carbons (Fsp3) is 0.154. The van der Waals surface area contributed by atoms with Gasteiger partial charge in [-0.05, 0) is 37.6 Å². The summed E-state index contributed by atoms with van der Waals surface area (Å²) < 4.78 is 0. The third kappa shape index (κ3) is 2.30. The minimum atomic E-state index is -1.06. The van der Waals surface area contributed by atoms with Gasteiger partial charge in [-0.3, -0.25) is 0 Å². The SMILES string of the molecule is Cc1ccc(C)c(-c2ccc(C(=O)O)nn2)c1. The van der Waals surface area contributed by atoms with Crippen LogP contribution in [-0.4, -0.2) is 21.3 Å². The van der Waals surface area contributed by atoms with Crippen LogP contribution in [0, 0.1) is 13.8 Å². The molecule has 0 unspecified atom stereocenters. The second-order valence-electron chi connectivity index (χ2n) is 3.93. The van der Waals surface area contributed by atoms with Crippen molar-refractivity contribution >= 4 is 5.97 Å². The second kappa shape index (κ2) is 4.33. The van der Waals surface area contributed by atoms with Gasteiger partial charge < -0.3 is 5.11 Å². The van der Waals surface area contributed by atoms with E-state index in [4.69, 9.17) is 5.11 Å². The van der Waals surface area contributed by atoms with Crippen molar-refractivity contribution in [3.8, 4) is 11.3 Å². The van der Waals surface area contributed by atoms with Crippen LogP contribution in [0.5, 0.6) is 0 Å². The quantitative estimate of drug-likeness (QED) is 0.857. The van der Waals surface area contributed by atoms with E-state index in [1.165, 1.54) is 6.07 Å². The maximum absolute atomic E-state index is 10.7. The molecule has 1 aromatic heterocycles. The van der Waals surface area contributed by atoms with E-state index in [1.807, 2.05) is 32.0 Å². The van der Waals surface area contributed by atoms with E-state index >= 15 is 0 Å². The molecular weight excluding hydrogens is 216 g/mol. The molecule has 0 amide bonds. The van der Waals surface area contributed by atoms with Gasteiger partial charge in [0.25, 0.3) is 0 Å². The van der Waals surface area contributed by atoms with E-state index in [-0.39, 0.29) is 5.69 Å². The average molecular weight is 228 g/mol. The molecule has 0 saturated heterocycles. The highest BCUT2D eigenvalue weighted by Gasteiger charge is 2.08. The van der Waals surface area contributed by atoms with Crippen molar-refractivity contribution in [1.29, 1.82) is 0 Å². The lowest BCUT2D eigenvalue weighted by atomic mass is 10.0. The first kappa shape index (κ1) is 11.3. The number of aromatic carboxylic acids is 1. The van der Waals surface area contributed by atoms with Gasteiger partial charge in [0.05, 0.1) is 5.69 Å². The smallest absolute Gasteiger partial charge is 0.356 e. The Labute approximate surface area is 98.9 Å². The summed E-state index contributed by atoms with van der Waals surface area (Å²) >= 11 is 0. The van der Waals surface area contributed by atoms with Crippen LogP contribution >= 0.6 is 0 Å². The Morgan fingerprint density at radius 2 is 1.88 bits per heavy atom. The Morgan fingerprint density at radius 1 is 1.12 bits per heavy atom. The van der Waals surface area contributed by atoms with Gasteiger partial charge in [0.2, 0.25) is 0 Å². The summed E-state index contributed by atoms with van der Waals surface area (Å²) in [7, 11) is 0. The van der Waals surface area contributed by atoms with Crippen molar-refractivity contribution in [2.24, 2.45) is 0 Å². The molecule has 4 nitrogen and oxygen atoms in total. The molecule has 0 atom stereocenters. The lowest BCUT2D eigenvalue weighted by Gasteiger charge is -2.05. The average Bonchev–Trinajstić information content (AvgIpc) is 2.32. The molecule has 0 saturated carbocycles. The molecule has 2 aromatic rings. The number of benzene rings is 1. The molecule has 0 radical (unpaired) electrons. The minimum Gasteiger partial charge on any atom is -0.476 e. The lowest BCUT2D eigenvalue weighted by Crippen LogP contribution is -2.02. The molecule has 1 N–H and O–H groups in total. The zero-order chi connectivity index (χ0) is 12.4. The van der Waals surface area contributed by atoms with Gasteiger partial charge in [-0.1, -0.05) is 17.7 Å². The fourth-order valence-corrected chi connectivity index (χ4v) is 1.60. The number of hydrogen-bond donors (Lipinski definition) is 1. The maximum Gasteiger partial charge on any atom is 0.356 e. The summed E-state index contributed by atoms with van der Waals surface area (Å²) in [6, 6.07) is 9.19. The van der Waals surface area contributed by atoms with Crippen LogP contribution < -0.4 is 0 Å². The summed E-state index contributed by atoms with van der Waals surface area (Å²) in [4.78, 5) is 10.7. The number of aryl methyl sites for hydroxylation is 2. The Morgan fingerprint density at radius 3 is 2.47 bits per heavy atom. The van der Waals surface area contributed by atoms with Gasteiger partial charge in [0.1, 0.15) is 0 Å². The summed E-state index contributed by atoms with van der Waals surface area (Å²) in [5.41, 5.74) is 3.85. The maximum atomic E-state index is 10.7. The standard InChI is InChI=1S/C13H12N2O2/c1-8-3-4-9(2)10(7-8)11-5-6-12(13(16)17)15-14-11/h3-7H,1-2H3,(H,16,17). The zero-order valence-electron chi connectivity index (χ0n) is 9.64. The van der Waals surface area contributed by atoms with Gasteiger partial charge in [0.15, 0.2) is 5.69 Å². The highest BCUT2D eigenvalue weighted by molar-refractivity contribution is 5.85.